The highest BCUT2D eigenvalue weighted by Crippen LogP contribution is 2.30. The van der Waals surface area contributed by atoms with Gasteiger partial charge in [-0.2, -0.15) is 4.98 Å². The molecule has 2 aromatic heterocycles. The molecule has 0 radical (unpaired) electrons. The number of pyridine rings is 1. The molecule has 0 spiro atoms. The molecule has 10 heteroatoms. The SMILES string of the molecule is CC[C@@H](Sc1nc2ncccc2o1)C(=O)Nc1c(F)c(F)cc(F)c1F. The summed E-state index contributed by atoms with van der Waals surface area (Å²) < 4.78 is 59.3. The standard InChI is InChI=1S/C16H11F4N3O2S/c1-2-10(26-16-23-14-9(25-16)4-3-5-21-14)15(24)22-13-11(19)7(17)6-8(18)12(13)20/h3-6,10H,2H2,1H3,(H,22,24)/t10-/m1/s1. The molecule has 26 heavy (non-hydrogen) atoms. The first kappa shape index (κ1) is 18.2. The van der Waals surface area contributed by atoms with Crippen LogP contribution in [0.15, 0.2) is 34.0 Å². The summed E-state index contributed by atoms with van der Waals surface area (Å²) in [5.74, 6) is -7.42. The van der Waals surface area contributed by atoms with Crippen LogP contribution in [0.5, 0.6) is 0 Å². The largest absolute Gasteiger partial charge is 0.430 e. The first-order chi connectivity index (χ1) is 12.4. The van der Waals surface area contributed by atoms with Crippen molar-refractivity contribution in [2.75, 3.05) is 5.32 Å². The van der Waals surface area contributed by atoms with Gasteiger partial charge in [0.05, 0.1) is 5.25 Å². The maximum absolute atomic E-state index is 13.7. The van der Waals surface area contributed by atoms with Crippen LogP contribution in [0, 0.1) is 23.3 Å². The zero-order valence-corrected chi connectivity index (χ0v) is 14.0. The third-order valence-corrected chi connectivity index (χ3v) is 4.62. The number of benzene rings is 1. The summed E-state index contributed by atoms with van der Waals surface area (Å²) in [4.78, 5) is 20.4. The maximum Gasteiger partial charge on any atom is 0.259 e. The first-order valence-corrected chi connectivity index (χ1v) is 8.30. The van der Waals surface area contributed by atoms with E-state index in [9.17, 15) is 22.4 Å². The van der Waals surface area contributed by atoms with Gasteiger partial charge in [-0.3, -0.25) is 4.79 Å². The van der Waals surface area contributed by atoms with E-state index in [-0.39, 0.29) is 17.7 Å². The Morgan fingerprint density at radius 2 is 1.96 bits per heavy atom. The molecule has 3 aromatic rings. The van der Waals surface area contributed by atoms with E-state index in [4.69, 9.17) is 4.42 Å². The fraction of sp³-hybridized carbons (Fsp3) is 0.188. The molecule has 1 aromatic carbocycles. The molecule has 2 heterocycles. The van der Waals surface area contributed by atoms with E-state index in [1.165, 1.54) is 6.20 Å². The van der Waals surface area contributed by atoms with Crippen LogP contribution >= 0.6 is 11.8 Å². The maximum atomic E-state index is 13.7. The highest BCUT2D eigenvalue weighted by atomic mass is 32.2. The molecule has 5 nitrogen and oxygen atoms in total. The average Bonchev–Trinajstić information content (AvgIpc) is 3.04. The second-order valence-electron chi connectivity index (χ2n) is 5.15. The summed E-state index contributed by atoms with van der Waals surface area (Å²) in [7, 11) is 0. The van der Waals surface area contributed by atoms with Crippen LogP contribution in [-0.4, -0.2) is 21.1 Å². The highest BCUT2D eigenvalue weighted by Gasteiger charge is 2.26. The van der Waals surface area contributed by atoms with Crippen LogP contribution in [0.3, 0.4) is 0 Å². The quantitative estimate of drug-likeness (QED) is 0.403. The number of carbonyl (C=O) groups excluding carboxylic acids is 1. The van der Waals surface area contributed by atoms with E-state index in [1.54, 1.807) is 19.1 Å². The first-order valence-electron chi connectivity index (χ1n) is 7.42. The van der Waals surface area contributed by atoms with Crippen molar-refractivity contribution >= 4 is 34.6 Å². The number of thioether (sulfide) groups is 1. The van der Waals surface area contributed by atoms with Crippen molar-refractivity contribution < 1.29 is 26.8 Å². The minimum absolute atomic E-state index is 0.0672. The second-order valence-corrected chi connectivity index (χ2v) is 6.31. The van der Waals surface area contributed by atoms with Gasteiger partial charge in [-0.05, 0) is 18.6 Å². The number of aromatic nitrogens is 2. The molecular formula is C16H11F4N3O2S. The Hall–Kier alpha value is -2.62. The van der Waals surface area contributed by atoms with E-state index >= 15 is 0 Å². The van der Waals surface area contributed by atoms with Crippen molar-refractivity contribution in [2.45, 2.75) is 23.8 Å². The van der Waals surface area contributed by atoms with Crippen molar-refractivity contribution in [1.29, 1.82) is 0 Å². The Bertz CT molecular complexity index is 920. The predicted octanol–water partition coefficient (Wildman–Crippen LogP) is 4.29. The number of oxazole rings is 1. The molecule has 0 aliphatic carbocycles. The van der Waals surface area contributed by atoms with Gasteiger partial charge in [0.1, 0.15) is 5.69 Å². The molecule has 1 amide bonds. The summed E-state index contributed by atoms with van der Waals surface area (Å²) in [5, 5.41) is 1.15. The smallest absolute Gasteiger partial charge is 0.259 e. The lowest BCUT2D eigenvalue weighted by Crippen LogP contribution is -2.26. The third kappa shape index (κ3) is 3.50. The molecule has 0 unspecified atom stereocenters. The van der Waals surface area contributed by atoms with Gasteiger partial charge in [0, 0.05) is 12.3 Å². The Balaban J connectivity index is 1.81. The van der Waals surface area contributed by atoms with E-state index < -0.39 is 40.1 Å². The monoisotopic (exact) mass is 385 g/mol. The van der Waals surface area contributed by atoms with E-state index in [0.29, 0.717) is 11.2 Å². The number of rotatable bonds is 5. The summed E-state index contributed by atoms with van der Waals surface area (Å²) in [6, 6.07) is 3.36. The van der Waals surface area contributed by atoms with Gasteiger partial charge in [0.25, 0.3) is 5.22 Å². The fourth-order valence-electron chi connectivity index (χ4n) is 2.13. The van der Waals surface area contributed by atoms with Crippen LogP contribution in [0.1, 0.15) is 13.3 Å². The van der Waals surface area contributed by atoms with Crippen molar-refractivity contribution in [3.8, 4) is 0 Å². The number of anilines is 1. The summed E-state index contributed by atoms with van der Waals surface area (Å²) in [6.45, 7) is 1.65. The summed E-state index contributed by atoms with van der Waals surface area (Å²) in [6.07, 6.45) is 1.76. The number of nitrogens with one attached hydrogen (secondary N) is 1. The van der Waals surface area contributed by atoms with Gasteiger partial charge in [-0.1, -0.05) is 18.7 Å². The molecule has 0 saturated carbocycles. The van der Waals surface area contributed by atoms with Crippen LogP contribution in [0.4, 0.5) is 23.2 Å². The summed E-state index contributed by atoms with van der Waals surface area (Å²) in [5.41, 5.74) is -0.421. The molecule has 136 valence electrons. The summed E-state index contributed by atoms with van der Waals surface area (Å²) >= 11 is 0.900. The Morgan fingerprint density at radius 3 is 2.58 bits per heavy atom. The Labute approximate surface area is 148 Å². The second kappa shape index (κ2) is 7.32. The Morgan fingerprint density at radius 1 is 1.27 bits per heavy atom. The van der Waals surface area contributed by atoms with E-state index in [2.05, 4.69) is 9.97 Å². The molecule has 1 N–H and O–H groups in total. The topological polar surface area (TPSA) is 68.0 Å². The molecule has 1 atom stereocenters. The van der Waals surface area contributed by atoms with Crippen LogP contribution in [0.25, 0.3) is 11.2 Å². The van der Waals surface area contributed by atoms with E-state index in [0.717, 1.165) is 11.8 Å². The lowest BCUT2D eigenvalue weighted by molar-refractivity contribution is -0.115. The van der Waals surface area contributed by atoms with Crippen LogP contribution in [0.2, 0.25) is 0 Å². The number of nitrogens with zero attached hydrogens (tertiary/aromatic N) is 2. The highest BCUT2D eigenvalue weighted by molar-refractivity contribution is 8.00. The van der Waals surface area contributed by atoms with E-state index in [1.807, 2.05) is 5.32 Å². The number of hydrogen-bond acceptors (Lipinski definition) is 5. The number of halogens is 4. The molecular weight excluding hydrogens is 374 g/mol. The van der Waals surface area contributed by atoms with Gasteiger partial charge in [-0.25, -0.2) is 22.5 Å². The average molecular weight is 385 g/mol. The number of hydrogen-bond donors (Lipinski definition) is 1. The van der Waals surface area contributed by atoms with Gasteiger partial charge >= 0.3 is 0 Å². The molecule has 0 saturated heterocycles. The molecule has 0 aliphatic rings. The van der Waals surface area contributed by atoms with Crippen LogP contribution in [-0.2, 0) is 4.79 Å². The molecule has 3 rings (SSSR count). The zero-order valence-electron chi connectivity index (χ0n) is 13.2. The lowest BCUT2D eigenvalue weighted by Gasteiger charge is -2.14. The number of amides is 1. The van der Waals surface area contributed by atoms with Crippen molar-refractivity contribution in [3.05, 3.63) is 47.7 Å². The number of carbonyl (C=O) groups is 1. The van der Waals surface area contributed by atoms with Gasteiger partial charge in [-0.15, -0.1) is 0 Å². The molecule has 0 bridgehead atoms. The minimum Gasteiger partial charge on any atom is -0.430 e. The minimum atomic E-state index is -1.68. The number of fused-ring (bicyclic) bond motifs is 1. The Kier molecular flexibility index (Phi) is 5.12. The molecule has 0 fully saturated rings. The van der Waals surface area contributed by atoms with Gasteiger partial charge in [0.15, 0.2) is 34.5 Å². The zero-order chi connectivity index (χ0) is 18.8. The van der Waals surface area contributed by atoms with Crippen molar-refractivity contribution in [1.82, 2.24) is 9.97 Å². The van der Waals surface area contributed by atoms with Gasteiger partial charge in [0.2, 0.25) is 5.91 Å². The van der Waals surface area contributed by atoms with Gasteiger partial charge < -0.3 is 9.73 Å². The lowest BCUT2D eigenvalue weighted by atomic mass is 10.2. The normalized spacial score (nSPS) is 12.3. The van der Waals surface area contributed by atoms with Crippen molar-refractivity contribution in [3.63, 3.8) is 0 Å². The van der Waals surface area contributed by atoms with Crippen LogP contribution < -0.4 is 5.32 Å². The van der Waals surface area contributed by atoms with Crippen molar-refractivity contribution in [2.24, 2.45) is 0 Å². The third-order valence-electron chi connectivity index (χ3n) is 3.41. The molecule has 0 aliphatic heterocycles. The predicted molar refractivity (Wildman–Crippen MR) is 86.6 cm³/mol. The fourth-order valence-corrected chi connectivity index (χ4v) is 2.98.